The maximum Gasteiger partial charge on any atom is 0.105 e. The molecule has 9 heavy (non-hydrogen) atoms. The lowest BCUT2D eigenvalue weighted by molar-refractivity contribution is 0.479. The molecule has 0 aromatic heterocycles. The van der Waals surface area contributed by atoms with Gasteiger partial charge in [-0.1, -0.05) is 25.2 Å². The van der Waals surface area contributed by atoms with Crippen molar-refractivity contribution in [1.82, 2.24) is 4.57 Å². The topological polar surface area (TPSA) is 3.24 Å². The summed E-state index contributed by atoms with van der Waals surface area (Å²) in [7, 11) is 0.295. The Kier molecular flexibility index (Phi) is 2.95. The number of hydrogen-bond donors (Lipinski definition) is 0. The molecule has 0 aliphatic carbocycles. The Balaban J connectivity index is 2.19. The molecule has 0 N–H and O–H groups in total. The molecule has 1 heterocycles. The summed E-state index contributed by atoms with van der Waals surface area (Å²) in [5.74, 6) is 0. The second-order valence-electron chi connectivity index (χ2n) is 2.81. The summed E-state index contributed by atoms with van der Waals surface area (Å²) < 4.78 is 2.73. The largest absolute Gasteiger partial charge is 0.327 e. The van der Waals surface area contributed by atoms with Crippen molar-refractivity contribution < 1.29 is 0 Å². The number of hydrogen-bond acceptors (Lipinski definition) is 1. The minimum absolute atomic E-state index is 0.221. The predicted octanol–water partition coefficient (Wildman–Crippen LogP) is 0.149. The third-order valence-electron chi connectivity index (χ3n) is 2.40. The lowest BCUT2D eigenvalue weighted by atomic mass is 10.7. The van der Waals surface area contributed by atoms with Gasteiger partial charge in [0.25, 0.3) is 0 Å². The normalized spacial score (nSPS) is 29.0. The molecular weight excluding hydrogens is 142 g/mol. The lowest BCUT2D eigenvalue weighted by Crippen LogP contribution is -2.46. The van der Waals surface area contributed by atoms with Crippen LogP contribution >= 0.6 is 0 Å². The first-order chi connectivity index (χ1) is 4.38. The maximum absolute atomic E-state index is 2.73. The molecule has 54 valence electrons. The number of nitrogens with zero attached hydrogens (tertiary/aromatic N) is 1. The summed E-state index contributed by atoms with van der Waals surface area (Å²) in [5.41, 5.74) is 3.45. The first-order valence-corrected chi connectivity index (χ1v) is 8.27. The summed E-state index contributed by atoms with van der Waals surface area (Å²) in [6.45, 7) is 7.25. The Labute approximate surface area is 61.9 Å². The molecule has 0 bridgehead atoms. The molecule has 0 aromatic carbocycles. The second-order valence-corrected chi connectivity index (χ2v) is 10.2. The van der Waals surface area contributed by atoms with E-state index in [4.69, 9.17) is 0 Å². The van der Waals surface area contributed by atoms with Gasteiger partial charge in [-0.3, -0.25) is 0 Å². The van der Waals surface area contributed by atoms with Crippen molar-refractivity contribution in [3.8, 4) is 0 Å². The van der Waals surface area contributed by atoms with E-state index in [1.54, 1.807) is 11.3 Å². The van der Waals surface area contributed by atoms with Crippen LogP contribution in [0.1, 0.15) is 13.8 Å². The van der Waals surface area contributed by atoms with E-state index in [1.165, 1.54) is 13.1 Å². The molecule has 1 aliphatic heterocycles. The van der Waals surface area contributed by atoms with E-state index in [2.05, 4.69) is 18.4 Å². The van der Waals surface area contributed by atoms with Crippen molar-refractivity contribution in [3.63, 3.8) is 0 Å². The van der Waals surface area contributed by atoms with Gasteiger partial charge < -0.3 is 4.57 Å². The zero-order chi connectivity index (χ0) is 6.69. The van der Waals surface area contributed by atoms with E-state index in [0.29, 0.717) is 9.52 Å². The van der Waals surface area contributed by atoms with E-state index in [9.17, 15) is 0 Å². The van der Waals surface area contributed by atoms with Gasteiger partial charge in [-0.2, -0.15) is 0 Å². The SMILES string of the molecule is CCN(CC)[SiH]1C[SiH2]C1. The highest BCUT2D eigenvalue weighted by molar-refractivity contribution is 6.84. The minimum atomic E-state index is -0.221. The predicted molar refractivity (Wildman–Crippen MR) is 48.2 cm³/mol. The molecule has 0 saturated carbocycles. The zero-order valence-electron chi connectivity index (χ0n) is 6.56. The number of rotatable bonds is 3. The lowest BCUT2D eigenvalue weighted by Gasteiger charge is -2.34. The van der Waals surface area contributed by atoms with Crippen molar-refractivity contribution in [2.45, 2.75) is 25.2 Å². The van der Waals surface area contributed by atoms with Crippen molar-refractivity contribution in [2.24, 2.45) is 0 Å². The van der Waals surface area contributed by atoms with Crippen LogP contribution in [0, 0.1) is 0 Å². The molecule has 0 spiro atoms. The molecule has 1 nitrogen and oxygen atoms in total. The van der Waals surface area contributed by atoms with Crippen LogP contribution in [-0.4, -0.2) is 36.1 Å². The molecular formula is C6H17NSi2. The van der Waals surface area contributed by atoms with Gasteiger partial charge in [0.1, 0.15) is 8.96 Å². The fraction of sp³-hybridized carbons (Fsp3) is 1.00. The standard InChI is InChI=1S/C6H17NSi2/c1-3-7(4-2)9-5-8-6-9/h9H,3-6,8H2,1-2H3. The van der Waals surface area contributed by atoms with Crippen LogP contribution in [0.25, 0.3) is 0 Å². The highest BCUT2D eigenvalue weighted by Gasteiger charge is 2.24. The summed E-state index contributed by atoms with van der Waals surface area (Å²) in [6, 6.07) is 0. The van der Waals surface area contributed by atoms with E-state index >= 15 is 0 Å². The van der Waals surface area contributed by atoms with Crippen LogP contribution in [0.2, 0.25) is 11.3 Å². The summed E-state index contributed by atoms with van der Waals surface area (Å²) in [5, 5.41) is 0. The van der Waals surface area contributed by atoms with Crippen LogP contribution in [0.5, 0.6) is 0 Å². The minimum Gasteiger partial charge on any atom is -0.327 e. The average molecular weight is 159 g/mol. The van der Waals surface area contributed by atoms with Crippen LogP contribution in [0.15, 0.2) is 0 Å². The smallest absolute Gasteiger partial charge is 0.105 e. The van der Waals surface area contributed by atoms with Gasteiger partial charge in [0.15, 0.2) is 0 Å². The van der Waals surface area contributed by atoms with Gasteiger partial charge in [-0.15, -0.1) is 0 Å². The summed E-state index contributed by atoms with van der Waals surface area (Å²) in [6.07, 6.45) is 0. The highest BCUT2D eigenvalue weighted by Crippen LogP contribution is 2.14. The van der Waals surface area contributed by atoms with E-state index in [1.807, 2.05) is 0 Å². The highest BCUT2D eigenvalue weighted by atomic mass is 28.4. The monoisotopic (exact) mass is 159 g/mol. The molecule has 0 radical (unpaired) electrons. The van der Waals surface area contributed by atoms with Gasteiger partial charge in [-0.25, -0.2) is 0 Å². The Bertz CT molecular complexity index is 79.1. The Hall–Kier alpha value is 0.394. The third-order valence-corrected chi connectivity index (χ3v) is 12.8. The van der Waals surface area contributed by atoms with Crippen LogP contribution in [0.4, 0.5) is 0 Å². The first-order valence-electron chi connectivity index (χ1n) is 4.12. The Morgan fingerprint density at radius 2 is 1.89 bits per heavy atom. The molecule has 0 unspecified atom stereocenters. The second kappa shape index (κ2) is 3.53. The van der Waals surface area contributed by atoms with Crippen molar-refractivity contribution in [1.29, 1.82) is 0 Å². The van der Waals surface area contributed by atoms with Crippen LogP contribution in [-0.2, 0) is 0 Å². The van der Waals surface area contributed by atoms with E-state index in [-0.39, 0.29) is 8.96 Å². The molecule has 3 heteroatoms. The Morgan fingerprint density at radius 1 is 1.33 bits per heavy atom. The molecule has 0 aromatic rings. The third kappa shape index (κ3) is 1.66. The molecule has 1 aliphatic rings. The molecule has 1 rings (SSSR count). The van der Waals surface area contributed by atoms with Crippen LogP contribution < -0.4 is 0 Å². The van der Waals surface area contributed by atoms with E-state index in [0.717, 1.165) is 0 Å². The van der Waals surface area contributed by atoms with E-state index < -0.39 is 0 Å². The van der Waals surface area contributed by atoms with Gasteiger partial charge in [-0.05, 0) is 13.1 Å². The van der Waals surface area contributed by atoms with Crippen molar-refractivity contribution in [3.05, 3.63) is 0 Å². The van der Waals surface area contributed by atoms with Crippen molar-refractivity contribution in [2.75, 3.05) is 13.1 Å². The van der Waals surface area contributed by atoms with Gasteiger partial charge >= 0.3 is 0 Å². The summed E-state index contributed by atoms with van der Waals surface area (Å²) >= 11 is 0. The fourth-order valence-corrected chi connectivity index (χ4v) is 8.54. The molecule has 0 amide bonds. The van der Waals surface area contributed by atoms with Gasteiger partial charge in [0.2, 0.25) is 0 Å². The molecule has 1 fully saturated rings. The van der Waals surface area contributed by atoms with Gasteiger partial charge in [0.05, 0.1) is 0 Å². The van der Waals surface area contributed by atoms with Crippen LogP contribution in [0.3, 0.4) is 0 Å². The average Bonchev–Trinajstić information content (AvgIpc) is 1.78. The van der Waals surface area contributed by atoms with Gasteiger partial charge in [0, 0.05) is 9.52 Å². The first kappa shape index (κ1) is 7.50. The zero-order valence-corrected chi connectivity index (χ0v) is 9.13. The summed E-state index contributed by atoms with van der Waals surface area (Å²) in [4.78, 5) is 0. The maximum atomic E-state index is 2.73. The molecule has 0 atom stereocenters. The Morgan fingerprint density at radius 3 is 2.00 bits per heavy atom. The quantitative estimate of drug-likeness (QED) is 0.530. The molecule has 1 saturated heterocycles. The fourth-order valence-electron chi connectivity index (χ4n) is 1.49. The van der Waals surface area contributed by atoms with Crippen molar-refractivity contribution >= 4 is 18.5 Å².